The van der Waals surface area contributed by atoms with E-state index >= 15 is 0 Å². The Labute approximate surface area is 97.7 Å². The van der Waals surface area contributed by atoms with E-state index in [9.17, 15) is 15.0 Å². The van der Waals surface area contributed by atoms with Crippen LogP contribution in [0.2, 0.25) is 0 Å². The van der Waals surface area contributed by atoms with Crippen LogP contribution >= 0.6 is 11.3 Å². The minimum atomic E-state index is -1.29. The van der Waals surface area contributed by atoms with E-state index in [0.717, 1.165) is 11.3 Å². The summed E-state index contributed by atoms with van der Waals surface area (Å²) in [6, 6.07) is 0. The van der Waals surface area contributed by atoms with Gasteiger partial charge in [-0.3, -0.25) is 0 Å². The van der Waals surface area contributed by atoms with Crippen LogP contribution in [0.15, 0.2) is 5.38 Å². The van der Waals surface area contributed by atoms with Crippen molar-refractivity contribution in [1.29, 1.82) is 0 Å². The SMILES string of the molecule is CCOC(=O)c1csc([C@@H](O)C(C)(C)O)n1. The first-order valence-electron chi connectivity index (χ1n) is 4.89. The Morgan fingerprint density at radius 3 is 2.81 bits per heavy atom. The van der Waals surface area contributed by atoms with Gasteiger partial charge in [-0.15, -0.1) is 11.3 Å². The predicted octanol–water partition coefficient (Wildman–Crippen LogP) is 1.12. The Morgan fingerprint density at radius 1 is 1.69 bits per heavy atom. The molecule has 0 bridgehead atoms. The molecule has 16 heavy (non-hydrogen) atoms. The van der Waals surface area contributed by atoms with E-state index in [1.807, 2.05) is 0 Å². The lowest BCUT2D eigenvalue weighted by molar-refractivity contribution is -0.0498. The van der Waals surface area contributed by atoms with Crippen molar-refractivity contribution in [3.63, 3.8) is 0 Å². The quantitative estimate of drug-likeness (QED) is 0.777. The van der Waals surface area contributed by atoms with Crippen molar-refractivity contribution in [1.82, 2.24) is 4.98 Å². The van der Waals surface area contributed by atoms with Crippen molar-refractivity contribution in [3.8, 4) is 0 Å². The summed E-state index contributed by atoms with van der Waals surface area (Å²) in [5.41, 5.74) is -1.13. The van der Waals surface area contributed by atoms with Gasteiger partial charge in [-0.25, -0.2) is 9.78 Å². The molecule has 6 heteroatoms. The molecule has 0 spiro atoms. The molecule has 0 aliphatic rings. The Balaban J connectivity index is 2.83. The summed E-state index contributed by atoms with van der Waals surface area (Å²) in [5.74, 6) is -0.520. The predicted molar refractivity (Wildman–Crippen MR) is 59.3 cm³/mol. The Kier molecular flexibility index (Phi) is 4.01. The summed E-state index contributed by atoms with van der Waals surface area (Å²) in [5, 5.41) is 21.1. The smallest absolute Gasteiger partial charge is 0.357 e. The van der Waals surface area contributed by atoms with E-state index in [1.54, 1.807) is 6.92 Å². The van der Waals surface area contributed by atoms with Gasteiger partial charge in [-0.05, 0) is 20.8 Å². The molecule has 0 fully saturated rings. The lowest BCUT2D eigenvalue weighted by Gasteiger charge is -2.22. The summed E-state index contributed by atoms with van der Waals surface area (Å²) < 4.78 is 4.77. The normalized spacial score (nSPS) is 13.6. The van der Waals surface area contributed by atoms with Gasteiger partial charge in [0.1, 0.15) is 11.1 Å². The minimum absolute atomic E-state index is 0.158. The van der Waals surface area contributed by atoms with E-state index in [2.05, 4.69) is 4.98 Å². The number of esters is 1. The first-order chi connectivity index (χ1) is 7.36. The minimum Gasteiger partial charge on any atom is -0.461 e. The van der Waals surface area contributed by atoms with Gasteiger partial charge < -0.3 is 14.9 Å². The number of carbonyl (C=O) groups is 1. The molecule has 0 aromatic carbocycles. The fraction of sp³-hybridized carbons (Fsp3) is 0.600. The highest BCUT2D eigenvalue weighted by Gasteiger charge is 2.29. The largest absolute Gasteiger partial charge is 0.461 e. The number of aliphatic hydroxyl groups is 2. The molecule has 0 aliphatic carbocycles. The molecular weight excluding hydrogens is 230 g/mol. The standard InChI is InChI=1S/C10H15NO4S/c1-4-15-9(13)6-5-16-8(11-6)7(12)10(2,3)14/h5,7,12,14H,4H2,1-3H3/t7-/m1/s1. The second-order valence-corrected chi connectivity index (χ2v) is 4.74. The number of thiazole rings is 1. The average molecular weight is 245 g/mol. The number of aromatic nitrogens is 1. The summed E-state index contributed by atoms with van der Waals surface area (Å²) >= 11 is 1.12. The Bertz CT molecular complexity index is 369. The molecule has 5 nitrogen and oxygen atoms in total. The van der Waals surface area contributed by atoms with Crippen molar-refractivity contribution < 1.29 is 19.7 Å². The first-order valence-corrected chi connectivity index (χ1v) is 5.77. The van der Waals surface area contributed by atoms with Crippen molar-refractivity contribution >= 4 is 17.3 Å². The maximum Gasteiger partial charge on any atom is 0.357 e. The molecular formula is C10H15NO4S. The van der Waals surface area contributed by atoms with Gasteiger partial charge in [0.05, 0.1) is 12.2 Å². The number of ether oxygens (including phenoxy) is 1. The fourth-order valence-electron chi connectivity index (χ4n) is 1.01. The zero-order valence-electron chi connectivity index (χ0n) is 9.43. The summed E-state index contributed by atoms with van der Waals surface area (Å²) in [4.78, 5) is 15.2. The van der Waals surface area contributed by atoms with Crippen molar-refractivity contribution in [2.24, 2.45) is 0 Å². The molecule has 0 saturated carbocycles. The van der Waals surface area contributed by atoms with Gasteiger partial charge >= 0.3 is 5.97 Å². The molecule has 90 valence electrons. The number of aliphatic hydroxyl groups excluding tert-OH is 1. The highest BCUT2D eigenvalue weighted by molar-refractivity contribution is 7.09. The van der Waals surface area contributed by atoms with Crippen LogP contribution in [0.3, 0.4) is 0 Å². The van der Waals surface area contributed by atoms with Crippen molar-refractivity contribution in [2.45, 2.75) is 32.5 Å². The molecule has 2 N–H and O–H groups in total. The molecule has 1 heterocycles. The number of rotatable bonds is 4. The Hall–Kier alpha value is -0.980. The summed E-state index contributed by atoms with van der Waals surface area (Å²) in [7, 11) is 0. The van der Waals surface area contributed by atoms with E-state index in [0.29, 0.717) is 5.01 Å². The summed E-state index contributed by atoms with van der Waals surface area (Å²) in [6.07, 6.45) is -1.11. The van der Waals surface area contributed by atoms with Gasteiger partial charge in [0.25, 0.3) is 0 Å². The second-order valence-electron chi connectivity index (χ2n) is 3.85. The molecule has 0 radical (unpaired) electrons. The molecule has 0 aliphatic heterocycles. The van der Waals surface area contributed by atoms with E-state index in [-0.39, 0.29) is 12.3 Å². The van der Waals surface area contributed by atoms with Gasteiger partial charge in [-0.2, -0.15) is 0 Å². The maximum absolute atomic E-state index is 11.3. The van der Waals surface area contributed by atoms with Crippen LogP contribution in [-0.2, 0) is 4.74 Å². The monoisotopic (exact) mass is 245 g/mol. The molecule has 0 amide bonds. The van der Waals surface area contributed by atoms with Gasteiger partial charge in [0.15, 0.2) is 5.69 Å². The van der Waals surface area contributed by atoms with Crippen LogP contribution < -0.4 is 0 Å². The van der Waals surface area contributed by atoms with Crippen LogP contribution in [-0.4, -0.2) is 33.4 Å². The van der Waals surface area contributed by atoms with E-state index < -0.39 is 17.7 Å². The van der Waals surface area contributed by atoms with Crippen molar-refractivity contribution in [3.05, 3.63) is 16.1 Å². The fourth-order valence-corrected chi connectivity index (χ4v) is 1.96. The van der Waals surface area contributed by atoms with Crippen LogP contribution in [0, 0.1) is 0 Å². The third-order valence-corrected chi connectivity index (χ3v) is 2.81. The van der Waals surface area contributed by atoms with Crippen LogP contribution in [0.4, 0.5) is 0 Å². The lowest BCUT2D eigenvalue weighted by atomic mass is 10.0. The molecule has 1 rings (SSSR count). The zero-order valence-corrected chi connectivity index (χ0v) is 10.2. The highest BCUT2D eigenvalue weighted by Crippen LogP contribution is 2.27. The molecule has 0 unspecified atom stereocenters. The highest BCUT2D eigenvalue weighted by atomic mass is 32.1. The second kappa shape index (κ2) is 4.90. The van der Waals surface area contributed by atoms with Gasteiger partial charge in [0.2, 0.25) is 0 Å². The lowest BCUT2D eigenvalue weighted by Crippen LogP contribution is -2.28. The number of nitrogens with zero attached hydrogens (tertiary/aromatic N) is 1. The molecule has 0 saturated heterocycles. The molecule has 1 aromatic heterocycles. The zero-order chi connectivity index (χ0) is 12.3. The topological polar surface area (TPSA) is 79.7 Å². The third-order valence-electron chi connectivity index (χ3n) is 1.91. The number of carbonyl (C=O) groups excluding carboxylic acids is 1. The van der Waals surface area contributed by atoms with E-state index in [1.165, 1.54) is 19.2 Å². The van der Waals surface area contributed by atoms with Crippen LogP contribution in [0.5, 0.6) is 0 Å². The number of hydrogen-bond donors (Lipinski definition) is 2. The van der Waals surface area contributed by atoms with E-state index in [4.69, 9.17) is 4.74 Å². The number of hydrogen-bond acceptors (Lipinski definition) is 6. The van der Waals surface area contributed by atoms with Crippen LogP contribution in [0.1, 0.15) is 42.4 Å². The average Bonchev–Trinajstić information content (AvgIpc) is 2.64. The van der Waals surface area contributed by atoms with Crippen LogP contribution in [0.25, 0.3) is 0 Å². The van der Waals surface area contributed by atoms with Crippen molar-refractivity contribution in [2.75, 3.05) is 6.61 Å². The third kappa shape index (κ3) is 3.01. The maximum atomic E-state index is 11.3. The van der Waals surface area contributed by atoms with Gasteiger partial charge in [0, 0.05) is 5.38 Å². The first kappa shape index (κ1) is 13.1. The van der Waals surface area contributed by atoms with Gasteiger partial charge in [-0.1, -0.05) is 0 Å². The Morgan fingerprint density at radius 2 is 2.31 bits per heavy atom. The molecule has 1 aromatic rings. The molecule has 1 atom stereocenters. The summed E-state index contributed by atoms with van der Waals surface area (Å²) in [6.45, 7) is 4.93.